The molecule has 0 fully saturated rings. The summed E-state index contributed by atoms with van der Waals surface area (Å²) < 4.78 is 1.69. The summed E-state index contributed by atoms with van der Waals surface area (Å²) in [7, 11) is 0. The molecule has 4 heteroatoms. The molecule has 0 radical (unpaired) electrons. The van der Waals surface area contributed by atoms with E-state index in [9.17, 15) is 0 Å². The highest BCUT2D eigenvalue weighted by molar-refractivity contribution is 5.38. The Kier molecular flexibility index (Phi) is 2.92. The Hall–Kier alpha value is -1.81. The Morgan fingerprint density at radius 1 is 1.31 bits per heavy atom. The van der Waals surface area contributed by atoms with Crippen LogP contribution < -0.4 is 5.73 Å². The molecule has 0 unspecified atom stereocenters. The molecule has 0 aliphatic rings. The van der Waals surface area contributed by atoms with E-state index in [1.54, 1.807) is 10.9 Å². The topological polar surface area (TPSA) is 64.1 Å². The number of hydrogen-bond acceptors (Lipinski definition) is 3. The van der Waals surface area contributed by atoms with E-state index >= 15 is 0 Å². The van der Waals surface area contributed by atoms with Crippen molar-refractivity contribution in [1.29, 1.82) is 0 Å². The van der Waals surface area contributed by atoms with Gasteiger partial charge in [0.15, 0.2) is 0 Å². The molecule has 0 bridgehead atoms. The summed E-state index contributed by atoms with van der Waals surface area (Å²) in [5.41, 5.74) is 8.88. The third-order valence-electron chi connectivity index (χ3n) is 2.58. The van der Waals surface area contributed by atoms with Crippen LogP contribution in [0, 0.1) is 6.92 Å². The maximum absolute atomic E-state index is 9.00. The van der Waals surface area contributed by atoms with E-state index in [4.69, 9.17) is 10.8 Å². The van der Waals surface area contributed by atoms with Crippen LogP contribution in [0.1, 0.15) is 16.7 Å². The number of nitrogens with zero attached hydrogens (tertiary/aromatic N) is 2. The van der Waals surface area contributed by atoms with Crippen LogP contribution in [0.3, 0.4) is 0 Å². The molecule has 0 saturated carbocycles. The minimum atomic E-state index is -0.0697. The average molecular weight is 217 g/mol. The van der Waals surface area contributed by atoms with Gasteiger partial charge >= 0.3 is 0 Å². The Bertz CT molecular complexity index is 474. The van der Waals surface area contributed by atoms with Gasteiger partial charge in [0, 0.05) is 5.56 Å². The highest BCUT2D eigenvalue weighted by Crippen LogP contribution is 2.13. The molecule has 0 amide bonds. The Morgan fingerprint density at radius 3 is 2.56 bits per heavy atom. The Labute approximate surface area is 94.3 Å². The molecular formula is C12H15N3O. The van der Waals surface area contributed by atoms with Gasteiger partial charge in [-0.05, 0) is 12.5 Å². The second-order valence-electron chi connectivity index (χ2n) is 3.86. The molecule has 16 heavy (non-hydrogen) atoms. The summed E-state index contributed by atoms with van der Waals surface area (Å²) in [6.07, 6.45) is 1.60. The summed E-state index contributed by atoms with van der Waals surface area (Å²) >= 11 is 0. The molecule has 1 heterocycles. The summed E-state index contributed by atoms with van der Waals surface area (Å²) in [4.78, 5) is 0. The fourth-order valence-corrected chi connectivity index (χ4v) is 1.55. The maximum Gasteiger partial charge on any atom is 0.127 e. The van der Waals surface area contributed by atoms with E-state index in [0.29, 0.717) is 17.9 Å². The van der Waals surface area contributed by atoms with Gasteiger partial charge in [0.2, 0.25) is 0 Å². The largest absolute Gasteiger partial charge is 0.391 e. The first-order valence-corrected chi connectivity index (χ1v) is 5.17. The third-order valence-corrected chi connectivity index (χ3v) is 2.58. The van der Waals surface area contributed by atoms with Crippen LogP contribution in [0.4, 0.5) is 5.82 Å². The molecule has 0 saturated heterocycles. The second-order valence-corrected chi connectivity index (χ2v) is 3.86. The molecule has 1 aromatic heterocycles. The van der Waals surface area contributed by atoms with E-state index in [-0.39, 0.29) is 6.61 Å². The standard InChI is InChI=1S/C12H15N3O/c1-9-2-4-10(5-3-9)7-15-12(13)11(8-16)6-14-15/h2-6,16H,7-8,13H2,1H3. The molecule has 0 aliphatic carbocycles. The van der Waals surface area contributed by atoms with E-state index in [1.165, 1.54) is 5.56 Å². The van der Waals surface area contributed by atoms with Crippen LogP contribution in [0.25, 0.3) is 0 Å². The predicted molar refractivity (Wildman–Crippen MR) is 62.8 cm³/mol. The predicted octanol–water partition coefficient (Wildman–Crippen LogP) is 1.31. The number of aryl methyl sites for hydroxylation is 1. The zero-order valence-electron chi connectivity index (χ0n) is 9.22. The van der Waals surface area contributed by atoms with Crippen molar-refractivity contribution < 1.29 is 5.11 Å². The van der Waals surface area contributed by atoms with Crippen molar-refractivity contribution in [2.75, 3.05) is 5.73 Å². The summed E-state index contributed by atoms with van der Waals surface area (Å²) in [6, 6.07) is 8.22. The quantitative estimate of drug-likeness (QED) is 0.814. The van der Waals surface area contributed by atoms with Crippen LogP contribution in [0.2, 0.25) is 0 Å². The van der Waals surface area contributed by atoms with Gasteiger partial charge in [0.05, 0.1) is 19.3 Å². The summed E-state index contributed by atoms with van der Waals surface area (Å²) in [5, 5.41) is 13.1. The van der Waals surface area contributed by atoms with E-state index in [0.717, 1.165) is 5.56 Å². The molecular weight excluding hydrogens is 202 g/mol. The van der Waals surface area contributed by atoms with Crippen LogP contribution >= 0.6 is 0 Å². The van der Waals surface area contributed by atoms with Crippen molar-refractivity contribution in [3.63, 3.8) is 0 Å². The lowest BCUT2D eigenvalue weighted by Gasteiger charge is -2.05. The maximum atomic E-state index is 9.00. The number of aromatic nitrogens is 2. The number of nitrogens with two attached hydrogens (primary N) is 1. The first-order valence-electron chi connectivity index (χ1n) is 5.17. The minimum absolute atomic E-state index is 0.0697. The Morgan fingerprint density at radius 2 is 2.00 bits per heavy atom. The molecule has 0 atom stereocenters. The molecule has 84 valence electrons. The highest BCUT2D eigenvalue weighted by atomic mass is 16.3. The SMILES string of the molecule is Cc1ccc(Cn2ncc(CO)c2N)cc1. The number of nitrogen functional groups attached to an aromatic ring is 1. The highest BCUT2D eigenvalue weighted by Gasteiger charge is 2.06. The van der Waals surface area contributed by atoms with Gasteiger partial charge < -0.3 is 10.8 Å². The Balaban J connectivity index is 2.20. The molecule has 2 aromatic rings. The average Bonchev–Trinajstić information content (AvgIpc) is 2.63. The number of aliphatic hydroxyl groups is 1. The van der Waals surface area contributed by atoms with Crippen LogP contribution in [0.15, 0.2) is 30.5 Å². The normalized spacial score (nSPS) is 10.6. The van der Waals surface area contributed by atoms with Crippen molar-refractivity contribution in [1.82, 2.24) is 9.78 Å². The van der Waals surface area contributed by atoms with Crippen molar-refractivity contribution in [2.24, 2.45) is 0 Å². The smallest absolute Gasteiger partial charge is 0.127 e. The molecule has 0 spiro atoms. The fraction of sp³-hybridized carbons (Fsp3) is 0.250. The molecule has 1 aromatic carbocycles. The van der Waals surface area contributed by atoms with Gasteiger partial charge in [-0.25, -0.2) is 4.68 Å². The monoisotopic (exact) mass is 217 g/mol. The zero-order valence-corrected chi connectivity index (χ0v) is 9.22. The van der Waals surface area contributed by atoms with Crippen LogP contribution in [0.5, 0.6) is 0 Å². The van der Waals surface area contributed by atoms with Crippen molar-refractivity contribution >= 4 is 5.82 Å². The second kappa shape index (κ2) is 4.37. The number of benzene rings is 1. The number of anilines is 1. The first kappa shape index (κ1) is 10.7. The first-order chi connectivity index (χ1) is 7.70. The lowest BCUT2D eigenvalue weighted by atomic mass is 10.1. The number of hydrogen-bond donors (Lipinski definition) is 2. The van der Waals surface area contributed by atoms with Gasteiger partial charge in [-0.1, -0.05) is 29.8 Å². The van der Waals surface area contributed by atoms with Crippen molar-refractivity contribution in [3.05, 3.63) is 47.2 Å². The van der Waals surface area contributed by atoms with E-state index in [2.05, 4.69) is 36.3 Å². The summed E-state index contributed by atoms with van der Waals surface area (Å²) in [5.74, 6) is 0.531. The van der Waals surface area contributed by atoms with Gasteiger partial charge in [-0.15, -0.1) is 0 Å². The van der Waals surface area contributed by atoms with Crippen molar-refractivity contribution in [3.8, 4) is 0 Å². The lowest BCUT2D eigenvalue weighted by molar-refractivity contribution is 0.282. The van der Waals surface area contributed by atoms with Gasteiger partial charge in [-0.3, -0.25) is 0 Å². The third kappa shape index (κ3) is 2.06. The molecule has 4 nitrogen and oxygen atoms in total. The number of aliphatic hydroxyl groups excluding tert-OH is 1. The van der Waals surface area contributed by atoms with Gasteiger partial charge in [0.25, 0.3) is 0 Å². The van der Waals surface area contributed by atoms with E-state index < -0.39 is 0 Å². The molecule has 0 aliphatic heterocycles. The lowest BCUT2D eigenvalue weighted by Crippen LogP contribution is -2.06. The van der Waals surface area contributed by atoms with Crippen LogP contribution in [-0.2, 0) is 13.2 Å². The minimum Gasteiger partial charge on any atom is -0.391 e. The zero-order chi connectivity index (χ0) is 11.5. The van der Waals surface area contributed by atoms with Crippen LogP contribution in [-0.4, -0.2) is 14.9 Å². The summed E-state index contributed by atoms with van der Waals surface area (Å²) in [6.45, 7) is 2.61. The number of rotatable bonds is 3. The van der Waals surface area contributed by atoms with E-state index in [1.807, 2.05) is 0 Å². The molecule has 3 N–H and O–H groups in total. The van der Waals surface area contributed by atoms with Gasteiger partial charge in [-0.2, -0.15) is 5.10 Å². The van der Waals surface area contributed by atoms with Gasteiger partial charge in [0.1, 0.15) is 5.82 Å². The fourth-order valence-electron chi connectivity index (χ4n) is 1.55. The van der Waals surface area contributed by atoms with Crippen molar-refractivity contribution in [2.45, 2.75) is 20.1 Å². The molecule has 2 rings (SSSR count).